The van der Waals surface area contributed by atoms with Gasteiger partial charge in [-0.3, -0.25) is 0 Å². The minimum Gasteiger partial charge on any atom is -0.508 e. The second-order valence-corrected chi connectivity index (χ2v) is 2.81. The van der Waals surface area contributed by atoms with E-state index in [2.05, 4.69) is 9.97 Å². The molecule has 0 aliphatic rings. The Kier molecular flexibility index (Phi) is 2.18. The van der Waals surface area contributed by atoms with Crippen LogP contribution in [0.3, 0.4) is 0 Å². The Bertz CT molecular complexity index is 457. The molecule has 0 saturated heterocycles. The van der Waals surface area contributed by atoms with E-state index >= 15 is 0 Å². The Morgan fingerprint density at radius 3 is 3.00 bits per heavy atom. The fourth-order valence-electron chi connectivity index (χ4n) is 1.20. The third-order valence-electron chi connectivity index (χ3n) is 1.80. The molecule has 0 fully saturated rings. The molecule has 0 unspecified atom stereocenters. The molecule has 4 nitrogen and oxygen atoms in total. The van der Waals surface area contributed by atoms with Crippen molar-refractivity contribution in [1.82, 2.24) is 9.97 Å². The topological polar surface area (TPSA) is 55.2 Å². The number of ether oxygens (including phenoxy) is 1. The monoisotopic (exact) mass is 190 g/mol. The Morgan fingerprint density at radius 2 is 2.21 bits per heavy atom. The quantitative estimate of drug-likeness (QED) is 0.783. The van der Waals surface area contributed by atoms with Crippen LogP contribution in [0.2, 0.25) is 0 Å². The predicted octanol–water partition coefficient (Wildman–Crippen LogP) is 1.73. The van der Waals surface area contributed by atoms with E-state index in [-0.39, 0.29) is 5.75 Å². The van der Waals surface area contributed by atoms with Crippen LogP contribution in [-0.4, -0.2) is 21.7 Å². The summed E-state index contributed by atoms with van der Waals surface area (Å²) in [5.41, 5.74) is 1.38. The van der Waals surface area contributed by atoms with E-state index < -0.39 is 0 Å². The van der Waals surface area contributed by atoms with Gasteiger partial charge in [-0.15, -0.1) is 0 Å². The lowest BCUT2D eigenvalue weighted by molar-refractivity contribution is 0.326. The van der Waals surface area contributed by atoms with E-state index in [0.717, 1.165) is 5.52 Å². The first kappa shape index (κ1) is 8.74. The van der Waals surface area contributed by atoms with Crippen LogP contribution in [-0.2, 0) is 0 Å². The van der Waals surface area contributed by atoms with E-state index in [9.17, 15) is 5.11 Å². The first-order valence-corrected chi connectivity index (χ1v) is 4.38. The van der Waals surface area contributed by atoms with Crippen molar-refractivity contribution in [2.75, 3.05) is 6.61 Å². The molecule has 0 aliphatic carbocycles. The first-order valence-electron chi connectivity index (χ1n) is 4.38. The Balaban J connectivity index is 2.52. The number of phenols is 1. The maximum absolute atomic E-state index is 9.24. The molecule has 2 rings (SSSR count). The summed E-state index contributed by atoms with van der Waals surface area (Å²) >= 11 is 0. The highest BCUT2D eigenvalue weighted by Crippen LogP contribution is 2.18. The van der Waals surface area contributed by atoms with Crippen LogP contribution >= 0.6 is 0 Å². The minimum atomic E-state index is 0.181. The Morgan fingerprint density at radius 1 is 1.36 bits per heavy atom. The fourth-order valence-corrected chi connectivity index (χ4v) is 1.20. The highest BCUT2D eigenvalue weighted by atomic mass is 16.5. The van der Waals surface area contributed by atoms with Crippen LogP contribution in [0.4, 0.5) is 0 Å². The summed E-state index contributed by atoms with van der Waals surface area (Å²) in [6.07, 6.45) is 1.57. The number of aromatic nitrogens is 2. The molecule has 0 bridgehead atoms. The minimum absolute atomic E-state index is 0.181. The first-order chi connectivity index (χ1) is 6.79. The maximum Gasteiger partial charge on any atom is 0.232 e. The van der Waals surface area contributed by atoms with Crippen LogP contribution in [0.5, 0.6) is 11.6 Å². The van der Waals surface area contributed by atoms with Gasteiger partial charge in [-0.2, -0.15) is 0 Å². The molecular weight excluding hydrogens is 180 g/mol. The summed E-state index contributed by atoms with van der Waals surface area (Å²) in [6, 6.07) is 4.86. The van der Waals surface area contributed by atoms with Crippen molar-refractivity contribution in [3.63, 3.8) is 0 Å². The Labute approximate surface area is 81.2 Å². The summed E-state index contributed by atoms with van der Waals surface area (Å²) in [5.74, 6) is 0.658. The second-order valence-electron chi connectivity index (χ2n) is 2.81. The molecule has 0 radical (unpaired) electrons. The number of aromatic hydroxyl groups is 1. The van der Waals surface area contributed by atoms with Gasteiger partial charge in [0.15, 0.2) is 0 Å². The Hall–Kier alpha value is -1.84. The molecule has 72 valence electrons. The number of hydrogen-bond acceptors (Lipinski definition) is 4. The van der Waals surface area contributed by atoms with Gasteiger partial charge in [-0.25, -0.2) is 9.97 Å². The number of rotatable bonds is 2. The number of nitrogens with zero attached hydrogens (tertiary/aromatic N) is 2. The normalized spacial score (nSPS) is 10.4. The van der Waals surface area contributed by atoms with Crippen molar-refractivity contribution >= 4 is 11.0 Å². The number of fused-ring (bicyclic) bond motifs is 1. The van der Waals surface area contributed by atoms with Crippen LogP contribution in [0.1, 0.15) is 6.92 Å². The largest absolute Gasteiger partial charge is 0.508 e. The molecule has 1 aromatic carbocycles. The summed E-state index contributed by atoms with van der Waals surface area (Å²) < 4.78 is 5.20. The van der Waals surface area contributed by atoms with Crippen LogP contribution in [0.15, 0.2) is 24.4 Å². The molecule has 1 heterocycles. The second kappa shape index (κ2) is 3.49. The lowest BCUT2D eigenvalue weighted by Crippen LogP contribution is -1.95. The molecule has 0 aliphatic heterocycles. The van der Waals surface area contributed by atoms with Crippen LogP contribution in [0, 0.1) is 0 Å². The van der Waals surface area contributed by atoms with Crippen LogP contribution in [0.25, 0.3) is 11.0 Å². The highest BCUT2D eigenvalue weighted by molar-refractivity contribution is 5.75. The zero-order valence-electron chi connectivity index (χ0n) is 7.77. The average Bonchev–Trinajstić information content (AvgIpc) is 2.17. The SMILES string of the molecule is CCOc1cnc2ccc(O)cc2n1. The molecular formula is C10H10N2O2. The van der Waals surface area contributed by atoms with Gasteiger partial charge in [0.1, 0.15) is 5.75 Å². The third kappa shape index (κ3) is 1.59. The van der Waals surface area contributed by atoms with E-state index in [1.165, 1.54) is 0 Å². The fraction of sp³-hybridized carbons (Fsp3) is 0.200. The molecule has 4 heteroatoms. The maximum atomic E-state index is 9.24. The smallest absolute Gasteiger partial charge is 0.232 e. The van der Waals surface area contributed by atoms with Gasteiger partial charge in [0.25, 0.3) is 0 Å². The summed E-state index contributed by atoms with van der Waals surface area (Å²) in [7, 11) is 0. The van der Waals surface area contributed by atoms with Gasteiger partial charge in [-0.05, 0) is 19.1 Å². The van der Waals surface area contributed by atoms with Crippen LogP contribution < -0.4 is 4.74 Å². The van der Waals surface area contributed by atoms with E-state index in [1.807, 2.05) is 6.92 Å². The number of benzene rings is 1. The molecule has 14 heavy (non-hydrogen) atoms. The lowest BCUT2D eigenvalue weighted by Gasteiger charge is -2.02. The average molecular weight is 190 g/mol. The molecule has 1 aromatic heterocycles. The summed E-state index contributed by atoms with van der Waals surface area (Å²) in [6.45, 7) is 2.44. The zero-order valence-corrected chi connectivity index (χ0v) is 7.77. The van der Waals surface area contributed by atoms with Gasteiger partial charge in [0.2, 0.25) is 5.88 Å². The summed E-state index contributed by atoms with van der Waals surface area (Å²) in [4.78, 5) is 8.32. The number of phenolic OH excluding ortho intramolecular Hbond substituents is 1. The zero-order chi connectivity index (χ0) is 9.97. The van der Waals surface area contributed by atoms with E-state index in [0.29, 0.717) is 18.0 Å². The van der Waals surface area contributed by atoms with E-state index in [1.54, 1.807) is 24.4 Å². The van der Waals surface area contributed by atoms with Gasteiger partial charge < -0.3 is 9.84 Å². The van der Waals surface area contributed by atoms with Crippen molar-refractivity contribution in [2.24, 2.45) is 0 Å². The standard InChI is InChI=1S/C10H10N2O2/c1-2-14-10-6-11-8-4-3-7(13)5-9(8)12-10/h3-6,13H,2H2,1H3. The van der Waals surface area contributed by atoms with Gasteiger partial charge in [-0.1, -0.05) is 0 Å². The molecule has 0 amide bonds. The summed E-state index contributed by atoms with van der Waals surface area (Å²) in [5, 5.41) is 9.24. The van der Waals surface area contributed by atoms with E-state index in [4.69, 9.17) is 4.74 Å². The third-order valence-corrected chi connectivity index (χ3v) is 1.80. The highest BCUT2D eigenvalue weighted by Gasteiger charge is 2.00. The van der Waals surface area contributed by atoms with Gasteiger partial charge >= 0.3 is 0 Å². The van der Waals surface area contributed by atoms with Crippen molar-refractivity contribution in [3.05, 3.63) is 24.4 Å². The molecule has 1 N–H and O–H groups in total. The van der Waals surface area contributed by atoms with Crippen molar-refractivity contribution in [2.45, 2.75) is 6.92 Å². The molecule has 0 atom stereocenters. The lowest BCUT2D eigenvalue weighted by atomic mass is 10.3. The predicted molar refractivity (Wildman–Crippen MR) is 52.4 cm³/mol. The van der Waals surface area contributed by atoms with Crippen molar-refractivity contribution in [3.8, 4) is 11.6 Å². The number of hydrogen-bond donors (Lipinski definition) is 1. The van der Waals surface area contributed by atoms with Crippen molar-refractivity contribution in [1.29, 1.82) is 0 Å². The van der Waals surface area contributed by atoms with Gasteiger partial charge in [0.05, 0.1) is 23.8 Å². The molecule has 2 aromatic rings. The van der Waals surface area contributed by atoms with Crippen molar-refractivity contribution < 1.29 is 9.84 Å². The molecule has 0 saturated carbocycles. The van der Waals surface area contributed by atoms with Gasteiger partial charge in [0, 0.05) is 6.07 Å². The molecule has 0 spiro atoms.